The van der Waals surface area contributed by atoms with Gasteiger partial charge in [0.1, 0.15) is 18.1 Å². The molecule has 6 rings (SSSR count). The molecule has 3 atom stereocenters. The maximum Gasteiger partial charge on any atom is 0.328 e. The average Bonchev–Trinajstić information content (AvgIpc) is 3.31. The molecule has 0 bridgehead atoms. The molecule has 3 amide bonds. The van der Waals surface area contributed by atoms with Crippen LogP contribution in [0.2, 0.25) is 0 Å². The predicted molar refractivity (Wildman–Crippen MR) is 254 cm³/mol. The third-order valence-corrected chi connectivity index (χ3v) is 12.1. The maximum atomic E-state index is 13.5. The highest BCUT2D eigenvalue weighted by Crippen LogP contribution is 2.33. The number of ether oxygens (including phenoxy) is 3. The molecule has 3 N–H and O–H groups in total. The number of carbonyl (C=O) groups is 6. The fraction of sp³-hybridized carbons (Fsp3) is 0.583. The number of benzene rings is 1. The van der Waals surface area contributed by atoms with E-state index >= 15 is 0 Å². The lowest BCUT2D eigenvalue weighted by Crippen LogP contribution is -2.52. The first-order chi connectivity index (χ1) is 32.8. The first kappa shape index (κ1) is 51.4. The fourth-order valence-electron chi connectivity index (χ4n) is 8.50. The van der Waals surface area contributed by atoms with E-state index in [9.17, 15) is 28.8 Å². The second kappa shape index (κ2) is 24.9. The Balaban J connectivity index is 1.29. The van der Waals surface area contributed by atoms with E-state index in [1.54, 1.807) is 47.7 Å². The quantitative estimate of drug-likeness (QED) is 0.0774. The molecule has 0 saturated carbocycles. The summed E-state index contributed by atoms with van der Waals surface area (Å²) in [5, 5.41) is 10.0. The summed E-state index contributed by atoms with van der Waals surface area (Å²) >= 11 is 0. The van der Waals surface area contributed by atoms with Crippen LogP contribution in [0, 0.1) is 0 Å². The summed E-state index contributed by atoms with van der Waals surface area (Å²) in [6, 6.07) is 5.41. The average molecular weight is 942 g/mol. The van der Waals surface area contributed by atoms with Crippen LogP contribution in [-0.4, -0.2) is 185 Å². The Kier molecular flexibility index (Phi) is 18.8. The van der Waals surface area contributed by atoms with Crippen LogP contribution in [0.15, 0.2) is 30.5 Å². The fourth-order valence-corrected chi connectivity index (χ4v) is 8.50. The van der Waals surface area contributed by atoms with Gasteiger partial charge in [0.25, 0.3) is 0 Å². The van der Waals surface area contributed by atoms with Crippen LogP contribution in [0.1, 0.15) is 71.5 Å². The Bertz CT molecular complexity index is 2380. The van der Waals surface area contributed by atoms with Crippen molar-refractivity contribution in [1.82, 2.24) is 55.5 Å². The monoisotopic (exact) mass is 942 g/mol. The van der Waals surface area contributed by atoms with E-state index in [1.807, 2.05) is 32.9 Å². The number of amides is 3. The molecule has 4 heterocycles. The number of rotatable bonds is 17. The Morgan fingerprint density at radius 2 is 0.912 bits per heavy atom. The highest BCUT2D eigenvalue weighted by atomic mass is 16.5. The number of carbonyl (C=O) groups excluding carboxylic acids is 6. The predicted octanol–water partition coefficient (Wildman–Crippen LogP) is 1.53. The molecule has 20 heteroatoms. The Hall–Kier alpha value is -5.96. The van der Waals surface area contributed by atoms with Crippen LogP contribution in [0.3, 0.4) is 0 Å². The summed E-state index contributed by atoms with van der Waals surface area (Å²) in [7, 11) is 0. The minimum absolute atomic E-state index is 0.0356. The molecule has 20 nitrogen and oxygen atoms in total. The van der Waals surface area contributed by atoms with Gasteiger partial charge in [0.15, 0.2) is 0 Å². The number of pyridine rings is 2. The number of hydrogen-bond acceptors (Lipinski definition) is 17. The van der Waals surface area contributed by atoms with Gasteiger partial charge in [-0.2, -0.15) is 0 Å². The van der Waals surface area contributed by atoms with Crippen molar-refractivity contribution in [2.75, 3.05) is 91.8 Å². The number of fused-ring (bicyclic) bond motifs is 7. The van der Waals surface area contributed by atoms with Crippen molar-refractivity contribution < 1.29 is 43.0 Å². The van der Waals surface area contributed by atoms with Crippen molar-refractivity contribution in [2.24, 2.45) is 0 Å². The standard InChI is InChI=1S/C48H67N11O9/c1-7-66-46(63)31(4)50-39(60)28-57-21-19-56(27-34-16-17-36-43(53-34)42-35(13-12-18-49-42)44-45(36)55-38-15-11-10-14-37(38)54-44)20-22-58(29-40(61)51-32(5)47(64)67-8-2)24-26-59(25-23-57)30-41(62)52-33(6)48(65)68-9-3/h12-13,16-18,31-33H,7-11,14-15,19-30H2,1-6H3,(H,50,60)(H,51,61)(H,52,62)/t31-,32-,33-/m0/s1. The van der Waals surface area contributed by atoms with Crippen molar-refractivity contribution in [3.63, 3.8) is 0 Å². The van der Waals surface area contributed by atoms with Crippen LogP contribution < -0.4 is 16.0 Å². The summed E-state index contributed by atoms with van der Waals surface area (Å²) in [6.07, 6.45) is 5.73. The van der Waals surface area contributed by atoms with Crippen molar-refractivity contribution in [1.29, 1.82) is 0 Å². The summed E-state index contributed by atoms with van der Waals surface area (Å²) in [5.41, 5.74) is 5.98. The minimum Gasteiger partial charge on any atom is -0.464 e. The van der Waals surface area contributed by atoms with E-state index in [0.717, 1.165) is 75.6 Å². The van der Waals surface area contributed by atoms with Crippen molar-refractivity contribution in [3.05, 3.63) is 47.5 Å². The highest BCUT2D eigenvalue weighted by molar-refractivity contribution is 6.20. The lowest BCUT2D eigenvalue weighted by molar-refractivity contribution is -0.147. The van der Waals surface area contributed by atoms with Gasteiger partial charge in [-0.1, -0.05) is 0 Å². The number of nitrogens with one attached hydrogen (secondary N) is 3. The van der Waals surface area contributed by atoms with E-state index in [0.29, 0.717) is 58.9 Å². The number of hydrogen-bond donors (Lipinski definition) is 3. The van der Waals surface area contributed by atoms with Crippen molar-refractivity contribution in [3.8, 4) is 0 Å². The summed E-state index contributed by atoms with van der Waals surface area (Å²) in [5.74, 6) is -2.74. The SMILES string of the molecule is CCOC(=O)[C@H](C)NC(=O)CN1CCN(CC(=O)N[C@@H](C)C(=O)OCC)CCN(Cc2ccc3c(n2)c2ncccc2c2nc4c(nc32)CCCC4)CCN(CC(=O)N[C@@H](C)C(=O)OCC)CC1. The molecule has 2 aliphatic rings. The topological polar surface area (TPSA) is 231 Å². The lowest BCUT2D eigenvalue weighted by atomic mass is 9.99. The van der Waals surface area contributed by atoms with Gasteiger partial charge in [-0.05, 0) is 91.5 Å². The number of aromatic nitrogens is 4. The molecule has 1 aliphatic carbocycles. The van der Waals surface area contributed by atoms with Crippen molar-refractivity contribution in [2.45, 2.75) is 91.9 Å². The molecule has 1 aliphatic heterocycles. The largest absolute Gasteiger partial charge is 0.464 e. The zero-order chi connectivity index (χ0) is 48.7. The number of aryl methyl sites for hydroxylation is 2. The Morgan fingerprint density at radius 1 is 0.529 bits per heavy atom. The van der Waals surface area contributed by atoms with E-state index in [1.165, 1.54) is 0 Å². The summed E-state index contributed by atoms with van der Waals surface area (Å²) < 4.78 is 15.3. The zero-order valence-electron chi connectivity index (χ0n) is 40.3. The smallest absolute Gasteiger partial charge is 0.328 e. The lowest BCUT2D eigenvalue weighted by Gasteiger charge is -2.34. The van der Waals surface area contributed by atoms with Crippen LogP contribution in [-0.2, 0) is 62.4 Å². The third-order valence-electron chi connectivity index (χ3n) is 12.1. The Morgan fingerprint density at radius 3 is 1.32 bits per heavy atom. The molecule has 1 fully saturated rings. The molecule has 1 saturated heterocycles. The second-order valence-electron chi connectivity index (χ2n) is 17.3. The van der Waals surface area contributed by atoms with Crippen LogP contribution in [0.25, 0.3) is 32.8 Å². The molecular formula is C48H67N11O9. The molecule has 368 valence electrons. The number of nitrogens with zero attached hydrogens (tertiary/aromatic N) is 8. The van der Waals surface area contributed by atoms with Crippen LogP contribution in [0.4, 0.5) is 0 Å². The minimum atomic E-state index is -0.866. The van der Waals surface area contributed by atoms with Gasteiger partial charge < -0.3 is 30.2 Å². The van der Waals surface area contributed by atoms with Gasteiger partial charge in [-0.3, -0.25) is 39.0 Å². The maximum absolute atomic E-state index is 13.5. The first-order valence-electron chi connectivity index (χ1n) is 23.9. The molecule has 1 aromatic carbocycles. The molecule has 68 heavy (non-hydrogen) atoms. The van der Waals surface area contributed by atoms with Crippen LogP contribution in [0.5, 0.6) is 0 Å². The van der Waals surface area contributed by atoms with Gasteiger partial charge in [0.2, 0.25) is 17.7 Å². The van der Waals surface area contributed by atoms with Gasteiger partial charge in [-0.25, -0.2) is 29.3 Å². The van der Waals surface area contributed by atoms with E-state index < -0.39 is 41.9 Å². The zero-order valence-corrected chi connectivity index (χ0v) is 40.3. The molecule has 4 aromatic rings. The number of esters is 3. The van der Waals surface area contributed by atoms with E-state index in [4.69, 9.17) is 34.1 Å². The molecule has 0 radical (unpaired) electrons. The van der Waals surface area contributed by atoms with Crippen LogP contribution >= 0.6 is 0 Å². The van der Waals surface area contributed by atoms with Gasteiger partial charge in [-0.15, -0.1) is 0 Å². The normalized spacial score (nSPS) is 17.2. The van der Waals surface area contributed by atoms with E-state index in [2.05, 4.69) is 26.9 Å². The highest BCUT2D eigenvalue weighted by Gasteiger charge is 2.26. The second-order valence-corrected chi connectivity index (χ2v) is 17.3. The van der Waals surface area contributed by atoms with E-state index in [-0.39, 0.29) is 51.3 Å². The van der Waals surface area contributed by atoms with Gasteiger partial charge in [0, 0.05) is 75.9 Å². The molecule has 0 spiro atoms. The molecular weight excluding hydrogens is 875 g/mol. The van der Waals surface area contributed by atoms with Gasteiger partial charge >= 0.3 is 17.9 Å². The van der Waals surface area contributed by atoms with Gasteiger partial charge in [0.05, 0.1) is 78.6 Å². The molecule has 0 unspecified atom stereocenters. The summed E-state index contributed by atoms with van der Waals surface area (Å²) in [4.78, 5) is 106. The third kappa shape index (κ3) is 14.1. The molecule has 3 aromatic heterocycles. The van der Waals surface area contributed by atoms with Crippen molar-refractivity contribution >= 4 is 68.5 Å². The first-order valence-corrected chi connectivity index (χ1v) is 23.9. The summed E-state index contributed by atoms with van der Waals surface area (Å²) in [6.45, 7) is 13.8. The Labute approximate surface area is 397 Å².